The van der Waals surface area contributed by atoms with Gasteiger partial charge in [0.1, 0.15) is 5.75 Å². The molecule has 1 unspecified atom stereocenters. The zero-order valence-corrected chi connectivity index (χ0v) is 13.3. The summed E-state index contributed by atoms with van der Waals surface area (Å²) in [4.78, 5) is 0. The molecule has 2 heteroatoms. The van der Waals surface area contributed by atoms with Gasteiger partial charge in [-0.3, -0.25) is 0 Å². The van der Waals surface area contributed by atoms with Gasteiger partial charge >= 0.3 is 0 Å². The fourth-order valence-electron chi connectivity index (χ4n) is 2.59. The first-order valence-electron chi connectivity index (χ1n) is 7.56. The van der Waals surface area contributed by atoms with Crippen LogP contribution in [-0.2, 0) is 0 Å². The molecule has 0 aromatic heterocycles. The highest BCUT2D eigenvalue weighted by Crippen LogP contribution is 2.26. The minimum atomic E-state index is 0.295. The highest BCUT2D eigenvalue weighted by Gasteiger charge is 2.18. The van der Waals surface area contributed by atoms with Gasteiger partial charge in [-0.25, -0.2) is 0 Å². The smallest absolute Gasteiger partial charge is 0.118 e. The lowest BCUT2D eigenvalue weighted by Gasteiger charge is -2.27. The number of ether oxygens (including phenoxy) is 1. The van der Waals surface area contributed by atoms with E-state index in [2.05, 4.69) is 68.6 Å². The average molecular weight is 283 g/mol. The Hall–Kier alpha value is -1.80. The van der Waals surface area contributed by atoms with Crippen molar-refractivity contribution < 1.29 is 4.74 Å². The maximum absolute atomic E-state index is 5.22. The van der Waals surface area contributed by atoms with Crippen LogP contribution in [0.5, 0.6) is 5.75 Å². The standard InChI is InChI=1S/C19H25NO/c1-14(2)19(17-8-6-5-7-9-17)20-15(3)16-10-12-18(21-4)13-11-16/h5-15,19-20H,1-4H3/t15-,19?/m0/s1. The lowest BCUT2D eigenvalue weighted by atomic mass is 9.94. The average Bonchev–Trinajstić information content (AvgIpc) is 2.53. The summed E-state index contributed by atoms with van der Waals surface area (Å²) in [5.41, 5.74) is 2.62. The normalized spacial score (nSPS) is 14.0. The van der Waals surface area contributed by atoms with E-state index in [4.69, 9.17) is 4.74 Å². The first kappa shape index (κ1) is 15.6. The van der Waals surface area contributed by atoms with Gasteiger partial charge in [-0.15, -0.1) is 0 Å². The third-order valence-electron chi connectivity index (χ3n) is 3.87. The minimum absolute atomic E-state index is 0.295. The van der Waals surface area contributed by atoms with E-state index in [1.54, 1.807) is 7.11 Å². The van der Waals surface area contributed by atoms with Gasteiger partial charge < -0.3 is 10.1 Å². The van der Waals surface area contributed by atoms with Crippen LogP contribution < -0.4 is 10.1 Å². The molecule has 2 atom stereocenters. The Balaban J connectivity index is 2.12. The van der Waals surface area contributed by atoms with Gasteiger partial charge in [0.2, 0.25) is 0 Å². The van der Waals surface area contributed by atoms with Crippen LogP contribution in [0.4, 0.5) is 0 Å². The van der Waals surface area contributed by atoms with Crippen LogP contribution in [0.3, 0.4) is 0 Å². The molecule has 0 amide bonds. The molecule has 0 fully saturated rings. The van der Waals surface area contributed by atoms with Crippen molar-refractivity contribution in [2.24, 2.45) is 5.92 Å². The van der Waals surface area contributed by atoms with Gasteiger partial charge in [-0.2, -0.15) is 0 Å². The molecule has 2 rings (SSSR count). The van der Waals surface area contributed by atoms with E-state index in [0.29, 0.717) is 18.0 Å². The molecule has 0 saturated carbocycles. The monoisotopic (exact) mass is 283 g/mol. The number of nitrogens with one attached hydrogen (secondary N) is 1. The van der Waals surface area contributed by atoms with Gasteiger partial charge in [0, 0.05) is 12.1 Å². The van der Waals surface area contributed by atoms with Crippen LogP contribution in [-0.4, -0.2) is 7.11 Å². The van der Waals surface area contributed by atoms with Crippen LogP contribution >= 0.6 is 0 Å². The molecule has 112 valence electrons. The molecule has 2 aromatic rings. The SMILES string of the molecule is COc1ccc([C@H](C)NC(c2ccccc2)C(C)C)cc1. The summed E-state index contributed by atoms with van der Waals surface area (Å²) in [6.07, 6.45) is 0. The summed E-state index contributed by atoms with van der Waals surface area (Å²) < 4.78 is 5.22. The highest BCUT2D eigenvalue weighted by molar-refractivity contribution is 5.29. The molecule has 0 spiro atoms. The molecule has 0 aliphatic heterocycles. The zero-order valence-electron chi connectivity index (χ0n) is 13.3. The van der Waals surface area contributed by atoms with Gasteiger partial charge in [0.05, 0.1) is 7.11 Å². The fourth-order valence-corrected chi connectivity index (χ4v) is 2.59. The summed E-state index contributed by atoms with van der Waals surface area (Å²) in [7, 11) is 1.70. The van der Waals surface area contributed by atoms with Crippen molar-refractivity contribution in [3.8, 4) is 5.75 Å². The Morgan fingerprint density at radius 3 is 1.95 bits per heavy atom. The van der Waals surface area contributed by atoms with Gasteiger partial charge in [-0.05, 0) is 36.1 Å². The predicted octanol–water partition coefficient (Wildman–Crippen LogP) is 4.74. The van der Waals surface area contributed by atoms with Crippen molar-refractivity contribution >= 4 is 0 Å². The molecule has 1 N–H and O–H groups in total. The van der Waals surface area contributed by atoms with Crippen LogP contribution in [0.2, 0.25) is 0 Å². The topological polar surface area (TPSA) is 21.3 Å². The molecular formula is C19H25NO. The van der Waals surface area contributed by atoms with Crippen molar-refractivity contribution in [1.29, 1.82) is 0 Å². The van der Waals surface area contributed by atoms with Crippen molar-refractivity contribution in [2.75, 3.05) is 7.11 Å². The Morgan fingerprint density at radius 1 is 0.810 bits per heavy atom. The van der Waals surface area contributed by atoms with E-state index in [1.165, 1.54) is 11.1 Å². The van der Waals surface area contributed by atoms with Gasteiger partial charge in [-0.1, -0.05) is 56.3 Å². The van der Waals surface area contributed by atoms with Crippen LogP contribution in [0.1, 0.15) is 44.0 Å². The Bertz CT molecular complexity index is 533. The van der Waals surface area contributed by atoms with E-state index in [0.717, 1.165) is 5.75 Å². The van der Waals surface area contributed by atoms with Crippen molar-refractivity contribution in [2.45, 2.75) is 32.9 Å². The van der Waals surface area contributed by atoms with Gasteiger partial charge in [0.25, 0.3) is 0 Å². The Kier molecular flexibility index (Phi) is 5.40. The number of benzene rings is 2. The summed E-state index contributed by atoms with van der Waals surface area (Å²) in [6.45, 7) is 6.72. The predicted molar refractivity (Wildman–Crippen MR) is 88.6 cm³/mol. The molecule has 0 saturated heterocycles. The van der Waals surface area contributed by atoms with Crippen LogP contribution in [0.25, 0.3) is 0 Å². The summed E-state index contributed by atoms with van der Waals surface area (Å²) in [5.74, 6) is 1.43. The lowest BCUT2D eigenvalue weighted by Crippen LogP contribution is -2.28. The quantitative estimate of drug-likeness (QED) is 0.826. The summed E-state index contributed by atoms with van der Waals surface area (Å²) >= 11 is 0. The maximum atomic E-state index is 5.22. The number of hydrogen-bond acceptors (Lipinski definition) is 2. The number of methoxy groups -OCH3 is 1. The molecule has 2 aromatic carbocycles. The first-order chi connectivity index (χ1) is 10.1. The van der Waals surface area contributed by atoms with Crippen molar-refractivity contribution in [3.05, 3.63) is 65.7 Å². The Morgan fingerprint density at radius 2 is 1.43 bits per heavy atom. The van der Waals surface area contributed by atoms with E-state index >= 15 is 0 Å². The second-order valence-electron chi connectivity index (χ2n) is 5.79. The highest BCUT2D eigenvalue weighted by atomic mass is 16.5. The molecular weight excluding hydrogens is 258 g/mol. The van der Waals surface area contributed by atoms with Gasteiger partial charge in [0.15, 0.2) is 0 Å². The molecule has 0 aliphatic carbocycles. The zero-order chi connectivity index (χ0) is 15.2. The molecule has 0 bridgehead atoms. The first-order valence-corrected chi connectivity index (χ1v) is 7.56. The second kappa shape index (κ2) is 7.28. The molecule has 21 heavy (non-hydrogen) atoms. The molecule has 2 nitrogen and oxygen atoms in total. The third kappa shape index (κ3) is 4.08. The molecule has 0 aliphatic rings. The molecule has 0 heterocycles. The Labute approximate surface area is 128 Å². The van der Waals surface area contributed by atoms with E-state index in [-0.39, 0.29) is 0 Å². The largest absolute Gasteiger partial charge is 0.497 e. The number of rotatable bonds is 6. The number of hydrogen-bond donors (Lipinski definition) is 1. The summed E-state index contributed by atoms with van der Waals surface area (Å²) in [5, 5.41) is 3.75. The summed E-state index contributed by atoms with van der Waals surface area (Å²) in [6, 6.07) is 19.6. The maximum Gasteiger partial charge on any atom is 0.118 e. The van der Waals surface area contributed by atoms with Crippen molar-refractivity contribution in [1.82, 2.24) is 5.32 Å². The fraction of sp³-hybridized carbons (Fsp3) is 0.368. The molecule has 0 radical (unpaired) electrons. The van der Waals surface area contributed by atoms with E-state index in [9.17, 15) is 0 Å². The van der Waals surface area contributed by atoms with Crippen molar-refractivity contribution in [3.63, 3.8) is 0 Å². The minimum Gasteiger partial charge on any atom is -0.497 e. The third-order valence-corrected chi connectivity index (χ3v) is 3.87. The second-order valence-corrected chi connectivity index (χ2v) is 5.79. The lowest BCUT2D eigenvalue weighted by molar-refractivity contribution is 0.374. The van der Waals surface area contributed by atoms with Crippen LogP contribution in [0, 0.1) is 5.92 Å². The van der Waals surface area contributed by atoms with E-state index < -0.39 is 0 Å². The van der Waals surface area contributed by atoms with E-state index in [1.807, 2.05) is 12.1 Å². The van der Waals surface area contributed by atoms with Crippen LogP contribution in [0.15, 0.2) is 54.6 Å².